The molecule has 4 aromatic rings. The summed E-state index contributed by atoms with van der Waals surface area (Å²) in [7, 11) is 0. The summed E-state index contributed by atoms with van der Waals surface area (Å²) in [6.45, 7) is 9.53. The molecule has 4 aromatic carbocycles. The average Bonchev–Trinajstić information content (AvgIpc) is 2.77. The highest BCUT2D eigenvalue weighted by Gasteiger charge is 2.38. The molecule has 0 atom stereocenters. The molecule has 5 rings (SSSR count). The van der Waals surface area contributed by atoms with Gasteiger partial charge in [-0.05, 0) is 74.9 Å². The molecule has 1 N–H and O–H groups in total. The van der Waals surface area contributed by atoms with E-state index in [9.17, 15) is 0 Å². The van der Waals surface area contributed by atoms with Gasteiger partial charge in [0.15, 0.2) is 0 Å². The summed E-state index contributed by atoms with van der Waals surface area (Å²) in [4.78, 5) is 0. The van der Waals surface area contributed by atoms with E-state index in [2.05, 4.69) is 118 Å². The highest BCUT2D eigenvalue weighted by Crippen LogP contribution is 2.49. The first-order valence-electron chi connectivity index (χ1n) is 11.3. The van der Waals surface area contributed by atoms with Gasteiger partial charge >= 0.3 is 0 Å². The summed E-state index contributed by atoms with van der Waals surface area (Å²) < 4.78 is 0. The minimum atomic E-state index is 0.178. The standard InChI is InChI=1S/C30H31N/c1-29(2)19-20-30(3,4)28-26(29)13-8-14-27(28)31-23-17-15-22(16-18-23)25-12-7-10-21-9-5-6-11-24(21)25/h5-18,31H,19-20H2,1-4H3. The van der Waals surface area contributed by atoms with Crippen molar-refractivity contribution in [2.45, 2.75) is 51.4 Å². The van der Waals surface area contributed by atoms with Crippen molar-refractivity contribution in [3.05, 3.63) is 96.1 Å². The van der Waals surface area contributed by atoms with Crippen LogP contribution in [0.15, 0.2) is 84.9 Å². The monoisotopic (exact) mass is 405 g/mol. The SMILES string of the molecule is CC1(C)CCC(C)(C)c2c(Nc3ccc(-c4cccc5ccccc45)cc3)cccc21. The van der Waals surface area contributed by atoms with E-state index in [1.807, 2.05) is 0 Å². The number of hydrogen-bond acceptors (Lipinski definition) is 1. The molecule has 1 aliphatic carbocycles. The summed E-state index contributed by atoms with van der Waals surface area (Å²) in [5.74, 6) is 0. The molecule has 0 aliphatic heterocycles. The van der Waals surface area contributed by atoms with Gasteiger partial charge < -0.3 is 5.32 Å². The molecule has 0 radical (unpaired) electrons. The molecule has 0 amide bonds. The lowest BCUT2D eigenvalue weighted by molar-refractivity contribution is 0.333. The Kier molecular flexibility index (Phi) is 4.66. The first-order chi connectivity index (χ1) is 14.9. The van der Waals surface area contributed by atoms with Crippen LogP contribution in [0.2, 0.25) is 0 Å². The Morgan fingerprint density at radius 2 is 1.32 bits per heavy atom. The summed E-state index contributed by atoms with van der Waals surface area (Å²) in [6.07, 6.45) is 2.45. The van der Waals surface area contributed by atoms with Crippen molar-refractivity contribution >= 4 is 22.1 Å². The lowest BCUT2D eigenvalue weighted by atomic mass is 9.62. The van der Waals surface area contributed by atoms with Gasteiger partial charge in [-0.2, -0.15) is 0 Å². The third-order valence-electron chi connectivity index (χ3n) is 7.11. The number of anilines is 2. The van der Waals surface area contributed by atoms with E-state index in [-0.39, 0.29) is 10.8 Å². The number of rotatable bonds is 3. The molecular weight excluding hydrogens is 374 g/mol. The largest absolute Gasteiger partial charge is 0.355 e. The zero-order chi connectivity index (χ0) is 21.6. The van der Waals surface area contributed by atoms with E-state index in [1.54, 1.807) is 0 Å². The zero-order valence-corrected chi connectivity index (χ0v) is 19.0. The smallest absolute Gasteiger partial charge is 0.0425 e. The van der Waals surface area contributed by atoms with Crippen molar-refractivity contribution in [2.24, 2.45) is 0 Å². The Morgan fingerprint density at radius 1 is 0.645 bits per heavy atom. The van der Waals surface area contributed by atoms with E-state index in [4.69, 9.17) is 0 Å². The molecule has 0 spiro atoms. The van der Waals surface area contributed by atoms with Crippen LogP contribution < -0.4 is 5.32 Å². The molecule has 1 aliphatic rings. The highest BCUT2D eigenvalue weighted by molar-refractivity contribution is 5.96. The predicted octanol–water partition coefficient (Wildman–Crippen LogP) is 8.60. The maximum Gasteiger partial charge on any atom is 0.0425 e. The van der Waals surface area contributed by atoms with Crippen LogP contribution in [0.1, 0.15) is 51.7 Å². The van der Waals surface area contributed by atoms with E-state index in [0.717, 1.165) is 5.69 Å². The maximum atomic E-state index is 3.74. The van der Waals surface area contributed by atoms with Gasteiger partial charge in [-0.25, -0.2) is 0 Å². The lowest BCUT2D eigenvalue weighted by Gasteiger charge is -2.43. The summed E-state index contributed by atoms with van der Waals surface area (Å²) >= 11 is 0. The number of fused-ring (bicyclic) bond motifs is 2. The second kappa shape index (κ2) is 7.27. The highest BCUT2D eigenvalue weighted by atomic mass is 14.9. The van der Waals surface area contributed by atoms with E-state index < -0.39 is 0 Å². The quantitative estimate of drug-likeness (QED) is 0.360. The van der Waals surface area contributed by atoms with Crippen molar-refractivity contribution in [3.63, 3.8) is 0 Å². The normalized spacial score (nSPS) is 16.6. The molecule has 0 unspecified atom stereocenters. The third kappa shape index (κ3) is 3.53. The Labute approximate surface area is 186 Å². The molecule has 0 fully saturated rings. The molecule has 0 saturated heterocycles. The fourth-order valence-corrected chi connectivity index (χ4v) is 5.20. The first-order valence-corrected chi connectivity index (χ1v) is 11.3. The van der Waals surface area contributed by atoms with Crippen LogP contribution in [0.5, 0.6) is 0 Å². The van der Waals surface area contributed by atoms with Crippen molar-refractivity contribution in [1.82, 2.24) is 0 Å². The Hall–Kier alpha value is -3.06. The van der Waals surface area contributed by atoms with Crippen LogP contribution in [0.3, 0.4) is 0 Å². The third-order valence-corrected chi connectivity index (χ3v) is 7.11. The fraction of sp³-hybridized carbons (Fsp3) is 0.267. The van der Waals surface area contributed by atoms with Gasteiger partial charge in [0, 0.05) is 11.4 Å². The summed E-state index contributed by atoms with van der Waals surface area (Å²) in [6, 6.07) is 30.8. The van der Waals surface area contributed by atoms with Crippen molar-refractivity contribution in [3.8, 4) is 11.1 Å². The molecule has 1 heteroatoms. The van der Waals surface area contributed by atoms with Crippen LogP contribution >= 0.6 is 0 Å². The molecule has 0 saturated carbocycles. The number of hydrogen-bond donors (Lipinski definition) is 1. The minimum Gasteiger partial charge on any atom is -0.355 e. The van der Waals surface area contributed by atoms with Crippen LogP contribution in [0.25, 0.3) is 21.9 Å². The topological polar surface area (TPSA) is 12.0 Å². The number of benzene rings is 4. The molecule has 156 valence electrons. The van der Waals surface area contributed by atoms with Gasteiger partial charge in [-0.1, -0.05) is 94.4 Å². The van der Waals surface area contributed by atoms with E-state index in [0.29, 0.717) is 0 Å². The van der Waals surface area contributed by atoms with Crippen LogP contribution in [-0.4, -0.2) is 0 Å². The maximum absolute atomic E-state index is 3.74. The Morgan fingerprint density at radius 3 is 2.13 bits per heavy atom. The average molecular weight is 406 g/mol. The van der Waals surface area contributed by atoms with Gasteiger partial charge in [0.2, 0.25) is 0 Å². The van der Waals surface area contributed by atoms with Gasteiger partial charge in [0.05, 0.1) is 0 Å². The van der Waals surface area contributed by atoms with Crippen LogP contribution in [-0.2, 0) is 10.8 Å². The predicted molar refractivity (Wildman–Crippen MR) is 134 cm³/mol. The Bertz CT molecular complexity index is 1240. The fourth-order valence-electron chi connectivity index (χ4n) is 5.20. The van der Waals surface area contributed by atoms with E-state index in [1.165, 1.54) is 51.6 Å². The van der Waals surface area contributed by atoms with Crippen molar-refractivity contribution < 1.29 is 0 Å². The van der Waals surface area contributed by atoms with Gasteiger partial charge in [-0.3, -0.25) is 0 Å². The molecule has 1 nitrogen and oxygen atoms in total. The van der Waals surface area contributed by atoms with Gasteiger partial charge in [-0.15, -0.1) is 0 Å². The molecular formula is C30H31N. The summed E-state index contributed by atoms with van der Waals surface area (Å²) in [5.41, 5.74) is 8.27. The zero-order valence-electron chi connectivity index (χ0n) is 19.0. The van der Waals surface area contributed by atoms with E-state index >= 15 is 0 Å². The Balaban J connectivity index is 1.50. The van der Waals surface area contributed by atoms with Crippen LogP contribution in [0, 0.1) is 0 Å². The molecule has 0 bridgehead atoms. The van der Waals surface area contributed by atoms with Crippen molar-refractivity contribution in [2.75, 3.05) is 5.32 Å². The van der Waals surface area contributed by atoms with Gasteiger partial charge in [0.1, 0.15) is 0 Å². The number of nitrogens with one attached hydrogen (secondary N) is 1. The molecule has 31 heavy (non-hydrogen) atoms. The summed E-state index contributed by atoms with van der Waals surface area (Å²) in [5, 5.41) is 6.32. The molecule has 0 aromatic heterocycles. The van der Waals surface area contributed by atoms with Crippen LogP contribution in [0.4, 0.5) is 11.4 Å². The van der Waals surface area contributed by atoms with Crippen molar-refractivity contribution in [1.29, 1.82) is 0 Å². The molecule has 0 heterocycles. The lowest BCUT2D eigenvalue weighted by Crippen LogP contribution is -2.34. The van der Waals surface area contributed by atoms with Gasteiger partial charge in [0.25, 0.3) is 0 Å². The first kappa shape index (κ1) is 19.9. The second-order valence-electron chi connectivity index (χ2n) is 10.2. The minimum absolute atomic E-state index is 0.178. The second-order valence-corrected chi connectivity index (χ2v) is 10.2.